The van der Waals surface area contributed by atoms with Gasteiger partial charge in [0.1, 0.15) is 29.3 Å². The molecule has 15 heteroatoms. The summed E-state index contributed by atoms with van der Waals surface area (Å²) in [5.74, 6) is 1.38. The average molecular weight is 797 g/mol. The summed E-state index contributed by atoms with van der Waals surface area (Å²) in [6.45, 7) is 6.66. The van der Waals surface area contributed by atoms with Gasteiger partial charge in [-0.1, -0.05) is 23.8 Å². The normalized spacial score (nSPS) is 23.2. The molecule has 1 unspecified atom stereocenters. The second-order valence-corrected chi connectivity index (χ2v) is 17.1. The molecule has 2 aromatic heterocycles. The van der Waals surface area contributed by atoms with Gasteiger partial charge in [0.05, 0.1) is 29.2 Å². The van der Waals surface area contributed by atoms with Crippen molar-refractivity contribution >= 4 is 34.4 Å². The third-order valence-electron chi connectivity index (χ3n) is 13.8. The zero-order chi connectivity index (χ0) is 39.7. The Balaban J connectivity index is 0.666. The summed E-state index contributed by atoms with van der Waals surface area (Å²) in [5.41, 5.74) is 13.7. The second kappa shape index (κ2) is 14.7. The largest absolute Gasteiger partial charge is 0.457 e. The number of rotatable bonds is 8. The molecule has 7 heterocycles. The fourth-order valence-corrected chi connectivity index (χ4v) is 10.4. The number of fused-ring (bicyclic) bond motifs is 2. The van der Waals surface area contributed by atoms with Gasteiger partial charge in [-0.25, -0.2) is 19.5 Å². The molecule has 15 nitrogen and oxygen atoms in total. The maximum absolute atomic E-state index is 13.3. The van der Waals surface area contributed by atoms with E-state index >= 15 is 0 Å². The van der Waals surface area contributed by atoms with Gasteiger partial charge in [-0.3, -0.25) is 29.1 Å². The number of benzene rings is 3. The van der Waals surface area contributed by atoms with Crippen molar-refractivity contribution in [3.8, 4) is 22.8 Å². The van der Waals surface area contributed by atoms with Crippen LogP contribution in [0.1, 0.15) is 71.7 Å². The molecular formula is C44H48N10O5. The Morgan fingerprint density at radius 3 is 2.27 bits per heavy atom. The lowest BCUT2D eigenvalue weighted by atomic mass is 9.59. The second-order valence-electron chi connectivity index (χ2n) is 17.1. The number of piperidine rings is 2. The first kappa shape index (κ1) is 36.6. The highest BCUT2D eigenvalue weighted by Gasteiger charge is 2.51. The van der Waals surface area contributed by atoms with E-state index in [0.29, 0.717) is 47.5 Å². The molecule has 3 aromatic carbocycles. The minimum absolute atomic E-state index is 0.241. The van der Waals surface area contributed by atoms with Crippen LogP contribution in [0.15, 0.2) is 79.1 Å². The lowest BCUT2D eigenvalue weighted by Gasteiger charge is -2.60. The minimum Gasteiger partial charge on any atom is -0.457 e. The quantitative estimate of drug-likeness (QED) is 0.192. The third kappa shape index (κ3) is 6.52. The van der Waals surface area contributed by atoms with E-state index in [2.05, 4.69) is 35.0 Å². The van der Waals surface area contributed by atoms with E-state index in [1.54, 1.807) is 12.4 Å². The summed E-state index contributed by atoms with van der Waals surface area (Å²) in [4.78, 5) is 54.7. The van der Waals surface area contributed by atoms with Crippen molar-refractivity contribution in [3.05, 3.63) is 90.3 Å². The molecule has 6 aliphatic rings. The van der Waals surface area contributed by atoms with Crippen molar-refractivity contribution < 1.29 is 24.0 Å². The van der Waals surface area contributed by atoms with E-state index in [4.69, 9.17) is 25.2 Å². The molecule has 0 radical (unpaired) electrons. The Morgan fingerprint density at radius 2 is 1.53 bits per heavy atom. The molecular weight excluding hydrogens is 749 g/mol. The highest BCUT2D eigenvalue weighted by Crippen LogP contribution is 2.52. The highest BCUT2D eigenvalue weighted by atomic mass is 16.9. The Hall–Kier alpha value is -5.45. The first-order valence-electron chi connectivity index (χ1n) is 21.0. The van der Waals surface area contributed by atoms with E-state index < -0.39 is 6.23 Å². The summed E-state index contributed by atoms with van der Waals surface area (Å²) in [6, 6.07) is 24.9. The number of nitrogens with one attached hydrogen (secondary N) is 1. The van der Waals surface area contributed by atoms with E-state index in [1.807, 2.05) is 66.7 Å². The first-order valence-corrected chi connectivity index (χ1v) is 21.0. The predicted molar refractivity (Wildman–Crippen MR) is 219 cm³/mol. The number of nitrogens with zero attached hydrogens (tertiary/aromatic N) is 8. The van der Waals surface area contributed by atoms with Gasteiger partial charge in [-0.05, 0) is 98.5 Å². The Labute approximate surface area is 341 Å². The number of carbonyl (C=O) groups excluding carboxylic acids is 2. The van der Waals surface area contributed by atoms with Crippen LogP contribution in [0, 0.1) is 5.41 Å². The van der Waals surface area contributed by atoms with Crippen LogP contribution in [-0.2, 0) is 9.68 Å². The van der Waals surface area contributed by atoms with Gasteiger partial charge < -0.3 is 15.4 Å². The lowest BCUT2D eigenvalue weighted by Crippen LogP contribution is -2.67. The third-order valence-corrected chi connectivity index (χ3v) is 13.8. The van der Waals surface area contributed by atoms with Crippen LogP contribution in [0.3, 0.4) is 0 Å². The summed E-state index contributed by atoms with van der Waals surface area (Å²) < 4.78 is 8.12. The van der Waals surface area contributed by atoms with Crippen LogP contribution in [0.2, 0.25) is 0 Å². The van der Waals surface area contributed by atoms with Crippen LogP contribution in [0.25, 0.3) is 22.3 Å². The minimum atomic E-state index is -0.674. The molecule has 1 spiro atoms. The van der Waals surface area contributed by atoms with Crippen LogP contribution in [0.4, 0.5) is 11.5 Å². The van der Waals surface area contributed by atoms with Crippen molar-refractivity contribution in [1.29, 1.82) is 0 Å². The van der Waals surface area contributed by atoms with E-state index in [0.717, 1.165) is 104 Å². The van der Waals surface area contributed by atoms with Crippen molar-refractivity contribution in [3.63, 3.8) is 0 Å². The number of nitrogens with two attached hydrogens (primary N) is 1. The Morgan fingerprint density at radius 1 is 0.780 bits per heavy atom. The maximum Gasteiger partial charge on any atom is 0.263 e. The number of carbonyl (C=O) groups is 2. The monoisotopic (exact) mass is 796 g/mol. The number of ether oxygens (including phenoxy) is 1. The SMILES string of the molecule is Nc1ncnc2c1c(-c1ccc(Oc3ccccc3)cc1)nn2C1CCN(C2CN(C3CC4(CCN(c5ccc6c(c5)C(=O)N(C5CCONO5)C6=O)CC4)C3)C2)CC1. The number of likely N-dealkylation sites (tertiary alicyclic amines) is 2. The van der Waals surface area contributed by atoms with Gasteiger partial charge in [0.25, 0.3) is 11.8 Å². The summed E-state index contributed by atoms with van der Waals surface area (Å²) in [6.07, 6.45) is 8.16. The smallest absolute Gasteiger partial charge is 0.263 e. The van der Waals surface area contributed by atoms with Crippen LogP contribution < -0.4 is 21.0 Å². The zero-order valence-electron chi connectivity index (χ0n) is 32.9. The lowest BCUT2D eigenvalue weighted by molar-refractivity contribution is -0.259. The molecule has 5 fully saturated rings. The first-order chi connectivity index (χ1) is 28.9. The molecule has 5 aromatic rings. The summed E-state index contributed by atoms with van der Waals surface area (Å²) in [7, 11) is 0. The van der Waals surface area contributed by atoms with Gasteiger partial charge in [0, 0.05) is 69.0 Å². The molecule has 3 N–H and O–H groups in total. The number of anilines is 2. The van der Waals surface area contributed by atoms with Gasteiger partial charge >= 0.3 is 0 Å². The maximum atomic E-state index is 13.3. The van der Waals surface area contributed by atoms with Gasteiger partial charge in [0.2, 0.25) is 0 Å². The number of amides is 2. The Bertz CT molecular complexity index is 2370. The summed E-state index contributed by atoms with van der Waals surface area (Å²) >= 11 is 0. The van der Waals surface area contributed by atoms with E-state index in [-0.39, 0.29) is 17.9 Å². The molecule has 11 rings (SSSR count). The van der Waals surface area contributed by atoms with Crippen LogP contribution >= 0.6 is 0 Å². The number of nitrogen functional groups attached to an aromatic ring is 1. The molecule has 0 bridgehead atoms. The number of hydrogen-bond acceptors (Lipinski definition) is 13. The van der Waals surface area contributed by atoms with Gasteiger partial charge in [0.15, 0.2) is 11.9 Å². The molecule has 304 valence electrons. The van der Waals surface area contributed by atoms with Crippen molar-refractivity contribution in [1.82, 2.24) is 40.1 Å². The number of aromatic nitrogens is 4. The standard InChI is InChI=1S/C44H48N10O5/c45-40-38-39(28-6-9-34(10-7-28)58-33-4-2-1-3-5-33)48-54(41(38)47-27-46-40)29-12-17-50(18-13-29)32-25-52(26-32)31-23-44(24-31)15-19-51(20-16-44)30-8-11-35-36(22-30)43(56)53(42(35)55)37-14-21-57-49-59-37/h1-11,22,27,29,31-32,37,49H,12-21,23-26H2,(H2,45,46,47). The fraction of sp³-hybridized carbons (Fsp3) is 0.432. The number of hydrogen-bond donors (Lipinski definition) is 2. The van der Waals surface area contributed by atoms with E-state index in [9.17, 15) is 9.59 Å². The van der Waals surface area contributed by atoms with Gasteiger partial charge in [-0.2, -0.15) is 5.10 Å². The molecule has 1 aliphatic carbocycles. The molecule has 2 amide bonds. The summed E-state index contributed by atoms with van der Waals surface area (Å²) in [5, 5.41) is 5.94. The number of imide groups is 1. The molecule has 1 atom stereocenters. The number of para-hydroxylation sites is 1. The van der Waals surface area contributed by atoms with Gasteiger partial charge in [-0.15, -0.1) is 0 Å². The predicted octanol–water partition coefficient (Wildman–Crippen LogP) is 5.42. The molecule has 1 saturated carbocycles. The van der Waals surface area contributed by atoms with E-state index in [1.165, 1.54) is 17.7 Å². The molecule has 5 aliphatic heterocycles. The zero-order valence-corrected chi connectivity index (χ0v) is 32.9. The van der Waals surface area contributed by atoms with Crippen molar-refractivity contribution in [2.75, 3.05) is 56.5 Å². The van der Waals surface area contributed by atoms with Crippen LogP contribution in [0.5, 0.6) is 11.5 Å². The van der Waals surface area contributed by atoms with Crippen molar-refractivity contribution in [2.45, 2.75) is 69.3 Å². The molecule has 4 saturated heterocycles. The topological polar surface area (TPSA) is 156 Å². The fourth-order valence-electron chi connectivity index (χ4n) is 10.4. The average Bonchev–Trinajstić information content (AvgIpc) is 3.76. The van der Waals surface area contributed by atoms with Crippen LogP contribution in [-0.4, -0.2) is 110 Å². The Kier molecular flexibility index (Phi) is 9.11. The highest BCUT2D eigenvalue weighted by molar-refractivity contribution is 6.21. The molecule has 59 heavy (non-hydrogen) atoms. The van der Waals surface area contributed by atoms with Crippen molar-refractivity contribution in [2.24, 2.45) is 5.41 Å².